The third-order valence-corrected chi connectivity index (χ3v) is 3.41. The van der Waals surface area contributed by atoms with Gasteiger partial charge in [-0.1, -0.05) is 12.1 Å². The molecule has 1 aromatic carbocycles. The van der Waals surface area contributed by atoms with Crippen molar-refractivity contribution in [1.82, 2.24) is 4.90 Å². The van der Waals surface area contributed by atoms with Gasteiger partial charge < -0.3 is 15.8 Å². The smallest absolute Gasteiger partial charge is 0.410 e. The number of methoxy groups -OCH3 is 1. The lowest BCUT2D eigenvalue weighted by Gasteiger charge is -2.22. The summed E-state index contributed by atoms with van der Waals surface area (Å²) in [5.41, 5.74) is 5.84. The van der Waals surface area contributed by atoms with Gasteiger partial charge in [-0.3, -0.25) is 14.5 Å². The van der Waals surface area contributed by atoms with Gasteiger partial charge in [0.15, 0.2) is 0 Å². The summed E-state index contributed by atoms with van der Waals surface area (Å²) in [6.45, 7) is 0.474. The largest absolute Gasteiger partial charge is 0.453 e. The van der Waals surface area contributed by atoms with Crippen LogP contribution in [-0.2, 0) is 9.53 Å². The molecular formula is C14H17N3O4. The maximum Gasteiger partial charge on any atom is 0.410 e. The van der Waals surface area contributed by atoms with Crippen LogP contribution in [0, 0.1) is 0 Å². The van der Waals surface area contributed by atoms with Gasteiger partial charge in [0.2, 0.25) is 5.91 Å². The van der Waals surface area contributed by atoms with Crippen molar-refractivity contribution in [3.8, 4) is 0 Å². The summed E-state index contributed by atoms with van der Waals surface area (Å²) < 4.78 is 4.66. The second-order valence-electron chi connectivity index (χ2n) is 4.72. The maximum absolute atomic E-state index is 12.3. The zero-order valence-electron chi connectivity index (χ0n) is 11.7. The summed E-state index contributed by atoms with van der Waals surface area (Å²) in [6, 6.07) is 5.87. The van der Waals surface area contributed by atoms with E-state index in [0.717, 1.165) is 6.42 Å². The van der Waals surface area contributed by atoms with Crippen molar-refractivity contribution >= 4 is 23.6 Å². The van der Waals surface area contributed by atoms with Crippen molar-refractivity contribution in [1.29, 1.82) is 0 Å². The third kappa shape index (κ3) is 3.13. The summed E-state index contributed by atoms with van der Waals surface area (Å²) in [5, 5.41) is 2.65. The Morgan fingerprint density at radius 3 is 2.71 bits per heavy atom. The highest BCUT2D eigenvalue weighted by Gasteiger charge is 2.35. The average Bonchev–Trinajstić information content (AvgIpc) is 2.96. The van der Waals surface area contributed by atoms with Crippen LogP contribution in [0.25, 0.3) is 0 Å². The number of anilines is 1. The third-order valence-electron chi connectivity index (χ3n) is 3.41. The molecule has 2 rings (SSSR count). The number of rotatable bonds is 3. The number of hydrogen-bond acceptors (Lipinski definition) is 4. The number of ether oxygens (including phenoxy) is 1. The van der Waals surface area contributed by atoms with Gasteiger partial charge in [-0.2, -0.15) is 0 Å². The molecule has 1 saturated heterocycles. The molecule has 1 heterocycles. The molecule has 0 aliphatic carbocycles. The molecule has 3 N–H and O–H groups in total. The van der Waals surface area contributed by atoms with Crippen LogP contribution in [0.2, 0.25) is 0 Å². The number of carbonyl (C=O) groups excluding carboxylic acids is 3. The minimum Gasteiger partial charge on any atom is -0.453 e. The number of hydrogen-bond donors (Lipinski definition) is 2. The Bertz CT molecular complexity index is 573. The van der Waals surface area contributed by atoms with Gasteiger partial charge in [0.1, 0.15) is 6.04 Å². The summed E-state index contributed by atoms with van der Waals surface area (Å²) in [5.74, 6) is -0.978. The van der Waals surface area contributed by atoms with Gasteiger partial charge in [0.05, 0.1) is 18.4 Å². The highest BCUT2D eigenvalue weighted by atomic mass is 16.5. The number of carbonyl (C=O) groups is 3. The van der Waals surface area contributed by atoms with Crippen molar-refractivity contribution in [2.24, 2.45) is 5.73 Å². The Morgan fingerprint density at radius 1 is 1.33 bits per heavy atom. The van der Waals surface area contributed by atoms with Crippen LogP contribution in [-0.4, -0.2) is 42.5 Å². The van der Waals surface area contributed by atoms with Gasteiger partial charge in [0.25, 0.3) is 5.91 Å². The monoisotopic (exact) mass is 291 g/mol. The second kappa shape index (κ2) is 6.25. The second-order valence-corrected chi connectivity index (χ2v) is 4.72. The molecule has 1 aliphatic rings. The molecule has 0 bridgehead atoms. The van der Waals surface area contributed by atoms with E-state index in [-0.39, 0.29) is 11.5 Å². The summed E-state index contributed by atoms with van der Waals surface area (Å²) in [7, 11) is 1.28. The van der Waals surface area contributed by atoms with Crippen molar-refractivity contribution in [2.45, 2.75) is 18.9 Å². The number of nitrogens with two attached hydrogens (primary N) is 1. The highest BCUT2D eigenvalue weighted by molar-refractivity contribution is 6.04. The fourth-order valence-electron chi connectivity index (χ4n) is 2.40. The van der Waals surface area contributed by atoms with Crippen LogP contribution in [0.15, 0.2) is 24.3 Å². The number of para-hydroxylation sites is 1. The van der Waals surface area contributed by atoms with E-state index in [2.05, 4.69) is 10.1 Å². The first-order valence-electron chi connectivity index (χ1n) is 6.59. The van der Waals surface area contributed by atoms with Crippen molar-refractivity contribution in [3.63, 3.8) is 0 Å². The number of primary amides is 1. The zero-order valence-corrected chi connectivity index (χ0v) is 11.7. The average molecular weight is 291 g/mol. The van der Waals surface area contributed by atoms with Crippen LogP contribution in [0.1, 0.15) is 23.2 Å². The quantitative estimate of drug-likeness (QED) is 0.865. The lowest BCUT2D eigenvalue weighted by Crippen LogP contribution is -2.43. The molecule has 0 aromatic heterocycles. The Balaban J connectivity index is 2.15. The molecule has 1 atom stereocenters. The SMILES string of the molecule is COC(=O)N1CCCC1C(=O)Nc1ccccc1C(N)=O. The van der Waals surface area contributed by atoms with Crippen LogP contribution in [0.3, 0.4) is 0 Å². The number of likely N-dealkylation sites (tertiary alicyclic amines) is 1. The molecular weight excluding hydrogens is 274 g/mol. The van der Waals surface area contributed by atoms with Gasteiger partial charge in [-0.15, -0.1) is 0 Å². The Kier molecular flexibility index (Phi) is 4.42. The van der Waals surface area contributed by atoms with Gasteiger partial charge >= 0.3 is 6.09 Å². The van der Waals surface area contributed by atoms with E-state index >= 15 is 0 Å². The van der Waals surface area contributed by atoms with E-state index in [0.29, 0.717) is 18.7 Å². The minimum absolute atomic E-state index is 0.230. The predicted molar refractivity (Wildman–Crippen MR) is 75.7 cm³/mol. The molecule has 0 radical (unpaired) electrons. The Labute approximate surface area is 122 Å². The molecule has 7 nitrogen and oxygen atoms in total. The number of amides is 3. The summed E-state index contributed by atoms with van der Waals surface area (Å²) >= 11 is 0. The highest BCUT2D eigenvalue weighted by Crippen LogP contribution is 2.21. The molecule has 0 saturated carbocycles. The Morgan fingerprint density at radius 2 is 2.05 bits per heavy atom. The molecule has 1 unspecified atom stereocenters. The maximum atomic E-state index is 12.3. The first-order chi connectivity index (χ1) is 10.0. The number of nitrogens with zero attached hydrogens (tertiary/aromatic N) is 1. The van der Waals surface area contributed by atoms with Crippen molar-refractivity contribution in [3.05, 3.63) is 29.8 Å². The van der Waals surface area contributed by atoms with E-state index in [1.807, 2.05) is 0 Å². The van der Waals surface area contributed by atoms with E-state index in [1.165, 1.54) is 18.1 Å². The number of nitrogens with one attached hydrogen (secondary N) is 1. The first-order valence-corrected chi connectivity index (χ1v) is 6.59. The number of benzene rings is 1. The molecule has 21 heavy (non-hydrogen) atoms. The fourth-order valence-corrected chi connectivity index (χ4v) is 2.40. The van der Waals surface area contributed by atoms with Crippen LogP contribution in [0.5, 0.6) is 0 Å². The van der Waals surface area contributed by atoms with Crippen molar-refractivity contribution in [2.75, 3.05) is 19.0 Å². The van der Waals surface area contributed by atoms with E-state index < -0.39 is 18.0 Å². The van der Waals surface area contributed by atoms with Gasteiger partial charge in [0, 0.05) is 6.54 Å². The Hall–Kier alpha value is -2.57. The van der Waals surface area contributed by atoms with Gasteiger partial charge in [-0.25, -0.2) is 4.79 Å². The van der Waals surface area contributed by atoms with Crippen LogP contribution < -0.4 is 11.1 Å². The zero-order chi connectivity index (χ0) is 15.4. The molecule has 7 heteroatoms. The standard InChI is InChI=1S/C14H17N3O4/c1-21-14(20)17-8-4-7-11(17)13(19)16-10-6-3-2-5-9(10)12(15)18/h2-3,5-6,11H,4,7-8H2,1H3,(H2,15,18)(H,16,19). The lowest BCUT2D eigenvalue weighted by molar-refractivity contribution is -0.119. The minimum atomic E-state index is -0.623. The lowest BCUT2D eigenvalue weighted by atomic mass is 10.1. The predicted octanol–water partition coefficient (Wildman–Crippen LogP) is 0.955. The van der Waals surface area contributed by atoms with Crippen molar-refractivity contribution < 1.29 is 19.1 Å². The van der Waals surface area contributed by atoms with Crippen LogP contribution >= 0.6 is 0 Å². The molecule has 112 valence electrons. The van der Waals surface area contributed by atoms with E-state index in [9.17, 15) is 14.4 Å². The molecule has 1 fully saturated rings. The molecule has 1 aromatic rings. The van der Waals surface area contributed by atoms with E-state index in [1.54, 1.807) is 18.2 Å². The topological polar surface area (TPSA) is 102 Å². The summed E-state index contributed by atoms with van der Waals surface area (Å²) in [6.07, 6.45) is 0.750. The fraction of sp³-hybridized carbons (Fsp3) is 0.357. The molecule has 3 amide bonds. The first kappa shape index (κ1) is 14.8. The normalized spacial score (nSPS) is 17.4. The van der Waals surface area contributed by atoms with Gasteiger partial charge in [-0.05, 0) is 25.0 Å². The summed E-state index contributed by atoms with van der Waals surface area (Å²) in [4.78, 5) is 36.6. The van der Waals surface area contributed by atoms with Crippen LogP contribution in [0.4, 0.5) is 10.5 Å². The molecule has 0 spiro atoms. The van der Waals surface area contributed by atoms with E-state index in [4.69, 9.17) is 5.73 Å². The molecule has 1 aliphatic heterocycles.